The summed E-state index contributed by atoms with van der Waals surface area (Å²) in [6.45, 7) is 0.558. The van der Waals surface area contributed by atoms with Crippen LogP contribution in [-0.2, 0) is 16.0 Å². The molecule has 1 unspecified atom stereocenters. The Bertz CT molecular complexity index is 460. The molecule has 1 N–H and O–H groups in total. The molecular weight excluding hydrogens is 318 g/mol. The molecule has 1 saturated heterocycles. The van der Waals surface area contributed by atoms with Crippen molar-refractivity contribution in [2.45, 2.75) is 31.7 Å². The van der Waals surface area contributed by atoms with Gasteiger partial charge in [-0.2, -0.15) is 0 Å². The molecule has 0 saturated carbocycles. The number of likely N-dealkylation sites (tertiary alicyclic amines) is 1. The minimum Gasteiger partial charge on any atom is -0.480 e. The molecule has 1 atom stereocenters. The number of thiophene rings is 1. The maximum atomic E-state index is 12.1. The molecule has 1 fully saturated rings. The van der Waals surface area contributed by atoms with Crippen LogP contribution in [0, 0.1) is 0 Å². The molecule has 4 nitrogen and oxygen atoms in total. The molecule has 1 amide bonds. The predicted octanol–water partition coefficient (Wildman–Crippen LogP) is 2.52. The zero-order valence-corrected chi connectivity index (χ0v) is 12.2. The van der Waals surface area contributed by atoms with E-state index in [0.717, 1.165) is 21.5 Å². The average molecular weight is 332 g/mol. The Morgan fingerprint density at radius 3 is 2.83 bits per heavy atom. The Labute approximate surface area is 118 Å². The minimum absolute atomic E-state index is 0.0866. The molecule has 0 spiro atoms. The second-order valence-corrected chi connectivity index (χ2v) is 6.87. The van der Waals surface area contributed by atoms with Gasteiger partial charge in [-0.05, 0) is 47.3 Å². The van der Waals surface area contributed by atoms with Gasteiger partial charge in [-0.25, -0.2) is 4.79 Å². The molecule has 1 aromatic heterocycles. The summed E-state index contributed by atoms with van der Waals surface area (Å²) in [6, 6.07) is 3.15. The van der Waals surface area contributed by atoms with Crippen molar-refractivity contribution in [2.24, 2.45) is 0 Å². The normalized spacial score (nSPS) is 19.8. The van der Waals surface area contributed by atoms with Crippen LogP contribution < -0.4 is 0 Å². The fourth-order valence-electron chi connectivity index (χ4n) is 2.18. The summed E-state index contributed by atoms with van der Waals surface area (Å²) in [5.74, 6) is -0.980. The molecular formula is C12H14BrNO3S. The van der Waals surface area contributed by atoms with Crippen LogP contribution in [0.5, 0.6) is 0 Å². The van der Waals surface area contributed by atoms with Gasteiger partial charge in [0.2, 0.25) is 5.91 Å². The van der Waals surface area contributed by atoms with Crippen LogP contribution in [0.1, 0.15) is 24.1 Å². The van der Waals surface area contributed by atoms with Gasteiger partial charge in [0.25, 0.3) is 0 Å². The first-order chi connectivity index (χ1) is 8.58. The van der Waals surface area contributed by atoms with E-state index in [1.54, 1.807) is 0 Å². The van der Waals surface area contributed by atoms with Gasteiger partial charge in [0.15, 0.2) is 0 Å². The number of aliphatic carboxylic acids is 1. The maximum absolute atomic E-state index is 12.1. The van der Waals surface area contributed by atoms with Gasteiger partial charge < -0.3 is 10.0 Å². The molecule has 1 aliphatic heterocycles. The lowest BCUT2D eigenvalue weighted by Crippen LogP contribution is -2.48. The predicted molar refractivity (Wildman–Crippen MR) is 72.7 cm³/mol. The smallest absolute Gasteiger partial charge is 0.326 e. The quantitative estimate of drug-likeness (QED) is 0.925. The van der Waals surface area contributed by atoms with E-state index >= 15 is 0 Å². The first-order valence-corrected chi connectivity index (χ1v) is 7.45. The number of carboxylic acids is 1. The summed E-state index contributed by atoms with van der Waals surface area (Å²) in [5.41, 5.74) is 0. The number of amides is 1. The Morgan fingerprint density at radius 2 is 2.22 bits per heavy atom. The van der Waals surface area contributed by atoms with E-state index < -0.39 is 12.0 Å². The van der Waals surface area contributed by atoms with E-state index in [0.29, 0.717) is 19.4 Å². The van der Waals surface area contributed by atoms with E-state index in [2.05, 4.69) is 15.9 Å². The van der Waals surface area contributed by atoms with Crippen molar-refractivity contribution in [2.75, 3.05) is 6.54 Å². The summed E-state index contributed by atoms with van der Waals surface area (Å²) in [5, 5.41) is 9.13. The van der Waals surface area contributed by atoms with Gasteiger partial charge in [-0.1, -0.05) is 0 Å². The number of nitrogens with zero attached hydrogens (tertiary/aromatic N) is 1. The second kappa shape index (κ2) is 5.84. The van der Waals surface area contributed by atoms with Crippen molar-refractivity contribution in [3.8, 4) is 0 Å². The lowest BCUT2D eigenvalue weighted by atomic mass is 10.0. The van der Waals surface area contributed by atoms with Crippen molar-refractivity contribution < 1.29 is 14.7 Å². The summed E-state index contributed by atoms with van der Waals surface area (Å²) in [7, 11) is 0. The average Bonchev–Trinajstić information content (AvgIpc) is 2.74. The van der Waals surface area contributed by atoms with E-state index in [1.807, 2.05) is 12.1 Å². The monoisotopic (exact) mass is 331 g/mol. The highest BCUT2D eigenvalue weighted by molar-refractivity contribution is 9.11. The van der Waals surface area contributed by atoms with Crippen molar-refractivity contribution in [1.29, 1.82) is 0 Å². The number of hydrogen-bond donors (Lipinski definition) is 1. The lowest BCUT2D eigenvalue weighted by Gasteiger charge is -2.32. The summed E-state index contributed by atoms with van der Waals surface area (Å²) >= 11 is 4.86. The SMILES string of the molecule is O=C(O)C1CCCCN1C(=O)Cc1ccc(Br)s1. The largest absolute Gasteiger partial charge is 0.480 e. The molecule has 18 heavy (non-hydrogen) atoms. The third-order valence-corrected chi connectivity index (χ3v) is 4.69. The van der Waals surface area contributed by atoms with E-state index in [9.17, 15) is 9.59 Å². The van der Waals surface area contributed by atoms with Crippen LogP contribution in [0.25, 0.3) is 0 Å². The molecule has 2 heterocycles. The zero-order valence-electron chi connectivity index (χ0n) is 9.76. The van der Waals surface area contributed by atoms with Crippen LogP contribution in [0.4, 0.5) is 0 Å². The van der Waals surface area contributed by atoms with Crippen LogP contribution in [-0.4, -0.2) is 34.5 Å². The highest BCUT2D eigenvalue weighted by atomic mass is 79.9. The van der Waals surface area contributed by atoms with Crippen molar-refractivity contribution in [3.05, 3.63) is 20.8 Å². The van der Waals surface area contributed by atoms with E-state index in [-0.39, 0.29) is 5.91 Å². The third-order valence-electron chi connectivity index (χ3n) is 3.06. The summed E-state index contributed by atoms with van der Waals surface area (Å²) < 4.78 is 0.985. The molecule has 6 heteroatoms. The van der Waals surface area contributed by atoms with Crippen molar-refractivity contribution in [3.63, 3.8) is 0 Å². The second-order valence-electron chi connectivity index (χ2n) is 4.32. The van der Waals surface area contributed by atoms with Gasteiger partial charge in [-0.3, -0.25) is 4.79 Å². The number of carboxylic acid groups (broad SMARTS) is 1. The number of piperidine rings is 1. The Morgan fingerprint density at radius 1 is 1.44 bits per heavy atom. The Balaban J connectivity index is 2.04. The Hall–Kier alpha value is -0.880. The molecule has 1 aliphatic rings. The van der Waals surface area contributed by atoms with E-state index in [4.69, 9.17) is 5.11 Å². The molecule has 0 aromatic carbocycles. The van der Waals surface area contributed by atoms with Crippen LogP contribution in [0.15, 0.2) is 15.9 Å². The summed E-state index contributed by atoms with van der Waals surface area (Å²) in [6.07, 6.45) is 2.63. The number of carbonyl (C=O) groups is 2. The fraction of sp³-hybridized carbons (Fsp3) is 0.500. The van der Waals surface area contributed by atoms with Crippen LogP contribution >= 0.6 is 27.3 Å². The first kappa shape index (κ1) is 13.5. The number of carbonyl (C=O) groups excluding carboxylic acids is 1. The highest BCUT2D eigenvalue weighted by Gasteiger charge is 2.31. The topological polar surface area (TPSA) is 57.6 Å². The molecule has 1 aromatic rings. The molecule has 0 bridgehead atoms. The van der Waals surface area contributed by atoms with Crippen LogP contribution in [0.2, 0.25) is 0 Å². The van der Waals surface area contributed by atoms with Gasteiger partial charge in [0.1, 0.15) is 6.04 Å². The maximum Gasteiger partial charge on any atom is 0.326 e. The first-order valence-electron chi connectivity index (χ1n) is 5.84. The molecule has 98 valence electrons. The summed E-state index contributed by atoms with van der Waals surface area (Å²) in [4.78, 5) is 25.7. The number of rotatable bonds is 3. The highest BCUT2D eigenvalue weighted by Crippen LogP contribution is 2.24. The minimum atomic E-state index is -0.893. The molecule has 0 radical (unpaired) electrons. The zero-order chi connectivity index (χ0) is 13.1. The van der Waals surface area contributed by atoms with Crippen molar-refractivity contribution in [1.82, 2.24) is 4.90 Å². The third kappa shape index (κ3) is 3.11. The fourth-order valence-corrected chi connectivity index (χ4v) is 3.66. The van der Waals surface area contributed by atoms with Gasteiger partial charge in [-0.15, -0.1) is 11.3 Å². The van der Waals surface area contributed by atoms with Gasteiger partial charge in [0.05, 0.1) is 10.2 Å². The van der Waals surface area contributed by atoms with Crippen LogP contribution in [0.3, 0.4) is 0 Å². The number of hydrogen-bond acceptors (Lipinski definition) is 3. The standard InChI is InChI=1S/C12H14BrNO3S/c13-10-5-4-8(18-10)7-11(15)14-6-2-1-3-9(14)12(16)17/h4-5,9H,1-3,6-7H2,(H,16,17). The van der Waals surface area contributed by atoms with Crippen molar-refractivity contribution >= 4 is 39.1 Å². The van der Waals surface area contributed by atoms with Gasteiger partial charge >= 0.3 is 5.97 Å². The number of halogens is 1. The lowest BCUT2D eigenvalue weighted by molar-refractivity contribution is -0.151. The molecule has 0 aliphatic carbocycles. The Kier molecular flexibility index (Phi) is 4.40. The van der Waals surface area contributed by atoms with E-state index in [1.165, 1.54) is 16.2 Å². The molecule has 2 rings (SSSR count). The van der Waals surface area contributed by atoms with Gasteiger partial charge in [0, 0.05) is 11.4 Å².